The van der Waals surface area contributed by atoms with Gasteiger partial charge in [-0.1, -0.05) is 17.7 Å². The minimum Gasteiger partial charge on any atom is -0.461 e. The maximum absolute atomic E-state index is 17.4. The molecule has 4 aliphatic rings. The molecule has 2 aromatic carbocycles. The van der Waals surface area contributed by atoms with Gasteiger partial charge in [-0.3, -0.25) is 9.80 Å². The van der Waals surface area contributed by atoms with Crippen molar-refractivity contribution in [3.63, 3.8) is 0 Å². The second kappa shape index (κ2) is 13.8. The number of benzene rings is 2. The zero-order chi connectivity index (χ0) is 38.1. The highest BCUT2D eigenvalue weighted by molar-refractivity contribution is 7.23. The van der Waals surface area contributed by atoms with Crippen LogP contribution in [-0.4, -0.2) is 107 Å². The summed E-state index contributed by atoms with van der Waals surface area (Å²) in [5, 5.41) is 11.3. The zero-order valence-corrected chi connectivity index (χ0v) is 32.7. The molecule has 6 heterocycles. The van der Waals surface area contributed by atoms with E-state index in [2.05, 4.69) is 20.9 Å². The molecule has 11 nitrogen and oxygen atoms in total. The van der Waals surface area contributed by atoms with Crippen molar-refractivity contribution in [1.82, 2.24) is 24.7 Å². The topological polar surface area (TPSA) is 110 Å². The molecule has 4 fully saturated rings. The highest BCUT2D eigenvalue weighted by Gasteiger charge is 2.46. The summed E-state index contributed by atoms with van der Waals surface area (Å²) in [4.78, 5) is 35.4. The summed E-state index contributed by atoms with van der Waals surface area (Å²) in [6, 6.07) is 6.31. The first-order valence-corrected chi connectivity index (χ1v) is 19.7. The van der Waals surface area contributed by atoms with E-state index in [-0.39, 0.29) is 67.0 Å². The summed E-state index contributed by atoms with van der Waals surface area (Å²) in [7, 11) is 3.58. The number of rotatable bonds is 7. The Morgan fingerprint density at radius 2 is 1.87 bits per heavy atom. The van der Waals surface area contributed by atoms with Gasteiger partial charge in [-0.15, -0.1) is 11.3 Å². The fourth-order valence-corrected chi connectivity index (χ4v) is 10.1. The predicted octanol–water partition coefficient (Wildman–Crippen LogP) is 8.13. The number of ether oxygens (including phenoxy) is 2. The van der Waals surface area contributed by atoms with Gasteiger partial charge in [0, 0.05) is 43.5 Å². The number of carbonyl (C=O) groups excluding carboxylic acids is 1. The van der Waals surface area contributed by atoms with Gasteiger partial charge in [0.2, 0.25) is 0 Å². The molecule has 54 heavy (non-hydrogen) atoms. The van der Waals surface area contributed by atoms with Gasteiger partial charge in [-0.25, -0.2) is 18.6 Å². The van der Waals surface area contributed by atoms with Crippen molar-refractivity contribution in [3.8, 4) is 23.2 Å². The van der Waals surface area contributed by atoms with Crippen LogP contribution in [-0.2, 0) is 4.74 Å². The smallest absolute Gasteiger partial charge is 0.410 e. The van der Waals surface area contributed by atoms with Crippen molar-refractivity contribution in [3.05, 3.63) is 40.4 Å². The van der Waals surface area contributed by atoms with E-state index >= 15 is 8.78 Å². The summed E-state index contributed by atoms with van der Waals surface area (Å²) >= 11 is 8.03. The first-order valence-electron chi connectivity index (χ1n) is 18.5. The van der Waals surface area contributed by atoms with Crippen molar-refractivity contribution in [2.24, 2.45) is 4.99 Å². The van der Waals surface area contributed by atoms with Gasteiger partial charge < -0.3 is 19.3 Å². The van der Waals surface area contributed by atoms with Crippen molar-refractivity contribution in [2.75, 3.05) is 51.8 Å². The van der Waals surface area contributed by atoms with E-state index in [1.54, 1.807) is 25.1 Å². The Kier molecular flexibility index (Phi) is 9.34. The molecule has 0 radical (unpaired) electrons. The van der Waals surface area contributed by atoms with Gasteiger partial charge >= 0.3 is 12.1 Å². The van der Waals surface area contributed by atoms with Crippen LogP contribution in [0.15, 0.2) is 23.2 Å². The Morgan fingerprint density at radius 1 is 1.17 bits per heavy atom. The van der Waals surface area contributed by atoms with Crippen molar-refractivity contribution < 1.29 is 23.0 Å². The van der Waals surface area contributed by atoms with Gasteiger partial charge in [-0.2, -0.15) is 15.2 Å². The zero-order valence-electron chi connectivity index (χ0n) is 31.1. The maximum atomic E-state index is 17.4. The molecule has 2 aromatic heterocycles. The van der Waals surface area contributed by atoms with Gasteiger partial charge in [-0.05, 0) is 90.1 Å². The van der Waals surface area contributed by atoms with E-state index in [0.29, 0.717) is 35.9 Å². The highest BCUT2D eigenvalue weighted by Crippen LogP contribution is 2.48. The molecule has 4 aromatic rings. The number of amides is 1. The first kappa shape index (κ1) is 36.6. The van der Waals surface area contributed by atoms with Crippen molar-refractivity contribution in [1.29, 1.82) is 5.26 Å². The number of halogens is 3. The Hall–Kier alpha value is -4.32. The standard InChI is InChI=1S/C39H43ClF2N8O3S/c1-38(2,3)53-37(51)50-22-8-9-23(50)19-48(18-22)34-25-16-27(40)30(24-10-11-28(41)33-29(24)26(17-43)35(54-33)44-21-47(4)5)31(42)32(25)45-36(46-34)52-20-39-12-6-14-49(39)15-7-13-39/h10-11,16,21-23H,6-9,12-15,18-20H2,1-5H3. The van der Waals surface area contributed by atoms with Crippen LogP contribution in [0.2, 0.25) is 5.02 Å². The molecule has 15 heteroatoms. The predicted molar refractivity (Wildman–Crippen MR) is 207 cm³/mol. The quantitative estimate of drug-likeness (QED) is 0.136. The minimum atomic E-state index is -0.732. The second-order valence-corrected chi connectivity index (χ2v) is 17.5. The molecule has 2 atom stereocenters. The Bertz CT molecular complexity index is 2210. The molecule has 0 spiro atoms. The fourth-order valence-electron chi connectivity index (χ4n) is 8.79. The van der Waals surface area contributed by atoms with Crippen LogP contribution in [0.5, 0.6) is 6.01 Å². The third-order valence-corrected chi connectivity index (χ3v) is 12.5. The molecule has 0 N–H and O–H groups in total. The van der Waals surface area contributed by atoms with E-state index in [4.69, 9.17) is 31.0 Å². The number of fused-ring (bicyclic) bond motifs is 5. The summed E-state index contributed by atoms with van der Waals surface area (Å²) in [5.41, 5.74) is -0.349. The van der Waals surface area contributed by atoms with Crippen LogP contribution in [0, 0.1) is 23.0 Å². The highest BCUT2D eigenvalue weighted by atomic mass is 35.5. The second-order valence-electron chi connectivity index (χ2n) is 16.1. The van der Waals surface area contributed by atoms with Crippen LogP contribution in [0.1, 0.15) is 64.9 Å². The molecule has 8 rings (SSSR count). The average Bonchev–Trinajstić information content (AvgIpc) is 3.86. The first-order chi connectivity index (χ1) is 25.8. The number of nitrogens with zero attached hydrogens (tertiary/aromatic N) is 8. The maximum Gasteiger partial charge on any atom is 0.410 e. The molecular formula is C39H43ClF2N8O3S. The molecular weight excluding hydrogens is 734 g/mol. The van der Waals surface area contributed by atoms with Gasteiger partial charge in [0.1, 0.15) is 40.4 Å². The van der Waals surface area contributed by atoms with E-state index in [1.807, 2.05) is 25.7 Å². The monoisotopic (exact) mass is 776 g/mol. The molecule has 4 aliphatic heterocycles. The lowest BCUT2D eigenvalue weighted by Gasteiger charge is -2.42. The Balaban J connectivity index is 1.25. The van der Waals surface area contributed by atoms with Crippen molar-refractivity contribution >= 4 is 67.2 Å². The van der Waals surface area contributed by atoms with Gasteiger partial charge in [0.25, 0.3) is 0 Å². The fraction of sp³-hybridized carbons (Fsp3) is 0.513. The van der Waals surface area contributed by atoms with Crippen LogP contribution in [0.3, 0.4) is 0 Å². The molecule has 0 aliphatic carbocycles. The Morgan fingerprint density at radius 3 is 2.52 bits per heavy atom. The number of aliphatic imine (C=N–C) groups is 1. The lowest BCUT2D eigenvalue weighted by molar-refractivity contribution is 0.0122. The SMILES string of the molecule is CN(C)C=Nc1sc2c(F)ccc(-c3c(Cl)cc4c(N5CC6CCC(C5)N6C(=O)OC(C)(C)C)nc(OCC56CCCN5CCC6)nc4c3F)c2c1C#N. The largest absolute Gasteiger partial charge is 0.461 e. The molecule has 4 saturated heterocycles. The van der Waals surface area contributed by atoms with E-state index in [1.165, 1.54) is 18.5 Å². The Labute approximate surface area is 322 Å². The number of carbonyl (C=O) groups is 1. The molecule has 2 unspecified atom stereocenters. The summed E-state index contributed by atoms with van der Waals surface area (Å²) in [5.74, 6) is -0.816. The van der Waals surface area contributed by atoms with Gasteiger partial charge in [0.15, 0.2) is 5.82 Å². The number of thiophene rings is 1. The average molecular weight is 777 g/mol. The number of piperazine rings is 1. The lowest BCUT2D eigenvalue weighted by Crippen LogP contribution is -2.57. The molecule has 0 saturated carbocycles. The van der Waals surface area contributed by atoms with Crippen LogP contribution < -0.4 is 9.64 Å². The summed E-state index contributed by atoms with van der Waals surface area (Å²) < 4.78 is 45.1. The summed E-state index contributed by atoms with van der Waals surface area (Å²) in [6.45, 7) is 8.90. The van der Waals surface area contributed by atoms with Crippen LogP contribution in [0.25, 0.3) is 32.1 Å². The number of nitriles is 1. The third-order valence-electron chi connectivity index (χ3n) is 11.1. The minimum absolute atomic E-state index is 0.000540. The number of hydrogen-bond donors (Lipinski definition) is 0. The van der Waals surface area contributed by atoms with Crippen LogP contribution in [0.4, 0.5) is 24.4 Å². The molecule has 1 amide bonds. The van der Waals surface area contributed by atoms with E-state index in [9.17, 15) is 10.1 Å². The van der Waals surface area contributed by atoms with Crippen molar-refractivity contribution in [2.45, 2.75) is 82.5 Å². The molecule has 284 valence electrons. The van der Waals surface area contributed by atoms with Gasteiger partial charge in [0.05, 0.1) is 39.2 Å². The van der Waals surface area contributed by atoms with Crippen LogP contribution >= 0.6 is 22.9 Å². The number of hydrogen-bond acceptors (Lipinski definition) is 10. The third kappa shape index (κ3) is 6.37. The summed E-state index contributed by atoms with van der Waals surface area (Å²) in [6.07, 6.45) is 7.00. The number of anilines is 1. The number of aromatic nitrogens is 2. The lowest BCUT2D eigenvalue weighted by atomic mass is 9.95. The van der Waals surface area contributed by atoms with E-state index < -0.39 is 17.2 Å². The normalized spacial score (nSPS) is 21.0. The van der Waals surface area contributed by atoms with E-state index in [0.717, 1.165) is 63.0 Å². The molecule has 2 bridgehead atoms.